The van der Waals surface area contributed by atoms with Crippen molar-refractivity contribution in [3.05, 3.63) is 71.7 Å². The number of nitrogens with zero attached hydrogens (tertiary/aromatic N) is 2. The van der Waals surface area contributed by atoms with Gasteiger partial charge in [-0.15, -0.1) is 0 Å². The predicted molar refractivity (Wildman–Crippen MR) is 95.3 cm³/mol. The Hall–Kier alpha value is -3.12. The number of rotatable bonds is 5. The maximum atomic E-state index is 11.8. The number of carbonyl (C=O) groups is 2. The molecular weight excluding hydrogens is 342 g/mol. The molecule has 1 amide bonds. The van der Waals surface area contributed by atoms with E-state index >= 15 is 0 Å². The molecule has 2 aromatic heterocycles. The van der Waals surface area contributed by atoms with Crippen LogP contribution in [0.2, 0.25) is 5.15 Å². The lowest BCUT2D eigenvalue weighted by molar-refractivity contribution is -0.142. The van der Waals surface area contributed by atoms with Crippen LogP contribution in [0.25, 0.3) is 11.7 Å². The third-order valence-corrected chi connectivity index (χ3v) is 3.58. The average molecular weight is 356 g/mol. The van der Waals surface area contributed by atoms with Gasteiger partial charge in [-0.1, -0.05) is 35.9 Å². The second-order valence-corrected chi connectivity index (χ2v) is 5.43. The SMILES string of the molecule is O=C(COC(=O)/C=C/c1c(Cl)nc2ccccn12)Nc1ccccc1. The Bertz CT molecular complexity index is 935. The van der Waals surface area contributed by atoms with Crippen LogP contribution in [0.3, 0.4) is 0 Å². The molecule has 25 heavy (non-hydrogen) atoms. The molecule has 1 N–H and O–H groups in total. The third-order valence-electron chi connectivity index (χ3n) is 3.30. The molecule has 7 heteroatoms. The van der Waals surface area contributed by atoms with E-state index in [1.165, 1.54) is 12.2 Å². The van der Waals surface area contributed by atoms with E-state index in [9.17, 15) is 9.59 Å². The minimum atomic E-state index is -0.648. The third kappa shape index (κ3) is 4.24. The van der Waals surface area contributed by atoms with Crippen molar-refractivity contribution in [3.8, 4) is 0 Å². The molecule has 1 aromatic carbocycles. The molecule has 6 nitrogen and oxygen atoms in total. The zero-order valence-electron chi connectivity index (χ0n) is 13.1. The number of nitrogens with one attached hydrogen (secondary N) is 1. The maximum absolute atomic E-state index is 11.8. The standard InChI is InChI=1S/C18H14ClN3O3/c19-18-14(22-11-5-4-8-15(22)21-18)9-10-17(24)25-12-16(23)20-13-6-2-1-3-7-13/h1-11H,12H2,(H,20,23)/b10-9+. The van der Waals surface area contributed by atoms with Gasteiger partial charge >= 0.3 is 5.97 Å². The van der Waals surface area contributed by atoms with Gasteiger partial charge in [-0.05, 0) is 30.3 Å². The summed E-state index contributed by atoms with van der Waals surface area (Å²) in [6.07, 6.45) is 4.49. The number of benzene rings is 1. The molecular formula is C18H14ClN3O3. The molecule has 0 fully saturated rings. The number of aromatic nitrogens is 2. The number of fused-ring (bicyclic) bond motifs is 1. The summed E-state index contributed by atoms with van der Waals surface area (Å²) >= 11 is 6.07. The first-order chi connectivity index (χ1) is 12.1. The van der Waals surface area contributed by atoms with Crippen LogP contribution in [-0.4, -0.2) is 27.9 Å². The van der Waals surface area contributed by atoms with Gasteiger partial charge in [0, 0.05) is 18.0 Å². The first-order valence-corrected chi connectivity index (χ1v) is 7.83. The Kier molecular flexibility index (Phi) is 5.11. The Labute approximate surface area is 148 Å². The Morgan fingerprint density at radius 1 is 1.16 bits per heavy atom. The van der Waals surface area contributed by atoms with Gasteiger partial charge in [0.1, 0.15) is 5.65 Å². The highest BCUT2D eigenvalue weighted by Crippen LogP contribution is 2.18. The number of imidazole rings is 1. The van der Waals surface area contributed by atoms with Crippen LogP contribution in [0.1, 0.15) is 5.69 Å². The summed E-state index contributed by atoms with van der Waals surface area (Å²) in [6.45, 7) is -0.376. The molecule has 3 aromatic rings. The van der Waals surface area contributed by atoms with Crippen molar-refractivity contribution in [3.63, 3.8) is 0 Å². The van der Waals surface area contributed by atoms with Gasteiger partial charge in [-0.2, -0.15) is 0 Å². The lowest BCUT2D eigenvalue weighted by atomic mass is 10.3. The normalized spacial score (nSPS) is 10.9. The summed E-state index contributed by atoms with van der Waals surface area (Å²) in [4.78, 5) is 27.7. The van der Waals surface area contributed by atoms with E-state index in [1.807, 2.05) is 18.2 Å². The van der Waals surface area contributed by atoms with Crippen molar-refractivity contribution >= 4 is 40.9 Å². The van der Waals surface area contributed by atoms with Crippen LogP contribution in [-0.2, 0) is 14.3 Å². The molecule has 0 bridgehead atoms. The fourth-order valence-electron chi connectivity index (χ4n) is 2.19. The largest absolute Gasteiger partial charge is 0.452 e. The quantitative estimate of drug-likeness (QED) is 0.563. The van der Waals surface area contributed by atoms with E-state index in [2.05, 4.69) is 10.3 Å². The van der Waals surface area contributed by atoms with Gasteiger partial charge in [-0.25, -0.2) is 9.78 Å². The van der Waals surface area contributed by atoms with E-state index in [4.69, 9.17) is 16.3 Å². The summed E-state index contributed by atoms with van der Waals surface area (Å²) in [5.74, 6) is -1.06. The number of ether oxygens (including phenoxy) is 1. The van der Waals surface area contributed by atoms with Gasteiger partial charge < -0.3 is 10.1 Å². The number of halogens is 1. The van der Waals surface area contributed by atoms with Gasteiger partial charge in [0.2, 0.25) is 0 Å². The average Bonchev–Trinajstić information content (AvgIpc) is 2.94. The summed E-state index contributed by atoms with van der Waals surface area (Å²) in [7, 11) is 0. The molecule has 3 rings (SSSR count). The summed E-state index contributed by atoms with van der Waals surface area (Å²) in [5, 5.41) is 2.90. The number of esters is 1. The van der Waals surface area contributed by atoms with Crippen LogP contribution in [0.5, 0.6) is 0 Å². The number of carbonyl (C=O) groups excluding carboxylic acids is 2. The van der Waals surface area contributed by atoms with E-state index < -0.39 is 11.9 Å². The minimum Gasteiger partial charge on any atom is -0.452 e. The Balaban J connectivity index is 1.58. The van der Waals surface area contributed by atoms with E-state index in [0.717, 1.165) is 0 Å². The van der Waals surface area contributed by atoms with Crippen molar-refractivity contribution < 1.29 is 14.3 Å². The summed E-state index contributed by atoms with van der Waals surface area (Å²) < 4.78 is 6.66. The van der Waals surface area contributed by atoms with Gasteiger partial charge in [0.25, 0.3) is 5.91 Å². The van der Waals surface area contributed by atoms with E-state index in [0.29, 0.717) is 17.0 Å². The Morgan fingerprint density at radius 3 is 2.72 bits per heavy atom. The zero-order valence-corrected chi connectivity index (χ0v) is 13.8. The molecule has 0 unspecified atom stereocenters. The highest BCUT2D eigenvalue weighted by molar-refractivity contribution is 6.31. The van der Waals surface area contributed by atoms with Crippen molar-refractivity contribution in [2.45, 2.75) is 0 Å². The number of anilines is 1. The molecule has 0 aliphatic carbocycles. The van der Waals surface area contributed by atoms with E-state index in [1.54, 1.807) is 40.9 Å². The molecule has 0 saturated carbocycles. The molecule has 0 atom stereocenters. The van der Waals surface area contributed by atoms with Crippen LogP contribution >= 0.6 is 11.6 Å². The van der Waals surface area contributed by atoms with Gasteiger partial charge in [-0.3, -0.25) is 9.20 Å². The second kappa shape index (κ2) is 7.63. The summed E-state index contributed by atoms with van der Waals surface area (Å²) in [5.41, 5.74) is 1.86. The van der Waals surface area contributed by atoms with Crippen molar-refractivity contribution in [2.24, 2.45) is 0 Å². The summed E-state index contributed by atoms with van der Waals surface area (Å²) in [6, 6.07) is 14.4. The molecule has 0 radical (unpaired) electrons. The lowest BCUT2D eigenvalue weighted by Gasteiger charge is -2.04. The van der Waals surface area contributed by atoms with Crippen molar-refractivity contribution in [2.75, 3.05) is 11.9 Å². The lowest BCUT2D eigenvalue weighted by Crippen LogP contribution is -2.20. The topological polar surface area (TPSA) is 72.7 Å². The fraction of sp³-hybridized carbons (Fsp3) is 0.0556. The molecule has 0 saturated heterocycles. The molecule has 0 aliphatic rings. The first-order valence-electron chi connectivity index (χ1n) is 7.46. The van der Waals surface area contributed by atoms with Crippen LogP contribution < -0.4 is 5.32 Å². The molecule has 126 valence electrons. The highest BCUT2D eigenvalue weighted by Gasteiger charge is 2.09. The molecule has 0 aliphatic heterocycles. The maximum Gasteiger partial charge on any atom is 0.331 e. The number of hydrogen-bond acceptors (Lipinski definition) is 4. The number of pyridine rings is 1. The second-order valence-electron chi connectivity index (χ2n) is 5.07. The van der Waals surface area contributed by atoms with Gasteiger partial charge in [0.05, 0.1) is 5.69 Å². The number of para-hydroxylation sites is 1. The van der Waals surface area contributed by atoms with Crippen molar-refractivity contribution in [1.82, 2.24) is 9.38 Å². The van der Waals surface area contributed by atoms with Crippen LogP contribution in [0.15, 0.2) is 60.8 Å². The van der Waals surface area contributed by atoms with Gasteiger partial charge in [0.15, 0.2) is 11.8 Å². The van der Waals surface area contributed by atoms with E-state index in [-0.39, 0.29) is 11.8 Å². The van der Waals surface area contributed by atoms with Crippen LogP contribution in [0.4, 0.5) is 5.69 Å². The molecule has 0 spiro atoms. The molecule has 2 heterocycles. The Morgan fingerprint density at radius 2 is 1.92 bits per heavy atom. The minimum absolute atomic E-state index is 0.275. The monoisotopic (exact) mass is 355 g/mol. The predicted octanol–water partition coefficient (Wildman–Crippen LogP) is 3.18. The van der Waals surface area contributed by atoms with Crippen LogP contribution in [0, 0.1) is 0 Å². The zero-order chi connectivity index (χ0) is 17.6. The first kappa shape index (κ1) is 16.7. The van der Waals surface area contributed by atoms with Crippen molar-refractivity contribution in [1.29, 1.82) is 0 Å². The number of hydrogen-bond donors (Lipinski definition) is 1. The fourth-order valence-corrected chi connectivity index (χ4v) is 2.43. The smallest absolute Gasteiger partial charge is 0.331 e. The number of amides is 1. The highest BCUT2D eigenvalue weighted by atomic mass is 35.5.